The number of rotatable bonds is 6. The third-order valence-electron chi connectivity index (χ3n) is 7.69. The quantitative estimate of drug-likeness (QED) is 0.693. The van der Waals surface area contributed by atoms with Gasteiger partial charge in [-0.3, -0.25) is 4.79 Å². The average Bonchev–Trinajstić information content (AvgIpc) is 2.82. The number of aliphatic hydroxyl groups excluding tert-OH is 1. The second kappa shape index (κ2) is 9.15. The van der Waals surface area contributed by atoms with Gasteiger partial charge in [0.2, 0.25) is 5.95 Å². The molecule has 1 unspecified atom stereocenters. The van der Waals surface area contributed by atoms with Crippen LogP contribution in [0, 0.1) is 0 Å². The van der Waals surface area contributed by atoms with E-state index in [4.69, 9.17) is 10.1 Å². The summed E-state index contributed by atoms with van der Waals surface area (Å²) in [4.78, 5) is 23.4. The van der Waals surface area contributed by atoms with Gasteiger partial charge in [0.15, 0.2) is 5.78 Å². The molecular weight excluding hydrogens is 412 g/mol. The number of piperidine rings is 1. The highest BCUT2D eigenvalue weighted by atomic mass is 16.3. The van der Waals surface area contributed by atoms with Gasteiger partial charge >= 0.3 is 0 Å². The van der Waals surface area contributed by atoms with Gasteiger partial charge in [-0.25, -0.2) is 9.97 Å². The molecule has 0 bridgehead atoms. The van der Waals surface area contributed by atoms with E-state index in [-0.39, 0.29) is 28.7 Å². The zero-order valence-corrected chi connectivity index (χ0v) is 20.7. The Bertz CT molecular complexity index is 1010. The molecule has 0 amide bonds. The van der Waals surface area contributed by atoms with Gasteiger partial charge in [0.25, 0.3) is 0 Å². The first-order chi connectivity index (χ1) is 15.6. The molecule has 6 nitrogen and oxygen atoms in total. The highest BCUT2D eigenvalue weighted by Crippen LogP contribution is 2.46. The number of carbonyl (C=O) groups excluding carboxylic acids is 1. The third kappa shape index (κ3) is 4.97. The summed E-state index contributed by atoms with van der Waals surface area (Å²) in [6.45, 7) is 12.5. The molecule has 4 rings (SSSR count). The highest BCUT2D eigenvalue weighted by molar-refractivity contribution is 5.84. The lowest BCUT2D eigenvalue weighted by Gasteiger charge is -2.42. The molecular formula is C27H38N4O2. The molecule has 33 heavy (non-hydrogen) atoms. The highest BCUT2D eigenvalue weighted by Gasteiger charge is 2.37. The Kier molecular flexibility index (Phi) is 6.61. The fourth-order valence-corrected chi connectivity index (χ4v) is 5.24. The molecule has 1 aromatic heterocycles. The van der Waals surface area contributed by atoms with Crippen molar-refractivity contribution < 1.29 is 9.90 Å². The number of hydrogen-bond acceptors (Lipinski definition) is 6. The van der Waals surface area contributed by atoms with Crippen molar-refractivity contribution in [3.8, 4) is 11.3 Å². The number of nitrogens with one attached hydrogen (secondary N) is 1. The smallest absolute Gasteiger partial charge is 0.225 e. The zero-order chi connectivity index (χ0) is 23.8. The molecule has 1 aliphatic carbocycles. The third-order valence-corrected chi connectivity index (χ3v) is 7.69. The number of aromatic nitrogens is 2. The SMILES string of the molecule is CC(NC1CCN(c2nccc(-c3ccc4c(c3)C(C)(C)CCC4(C)C)n2)CC1)C(=O)CO. The molecule has 0 saturated carbocycles. The molecule has 2 heterocycles. The second-order valence-corrected chi connectivity index (χ2v) is 11.0. The lowest BCUT2D eigenvalue weighted by molar-refractivity contribution is -0.123. The number of aliphatic hydroxyl groups is 1. The minimum Gasteiger partial charge on any atom is -0.389 e. The number of benzene rings is 1. The summed E-state index contributed by atoms with van der Waals surface area (Å²) in [5.41, 5.74) is 5.38. The molecule has 6 heteroatoms. The van der Waals surface area contributed by atoms with Gasteiger partial charge in [0.05, 0.1) is 11.7 Å². The number of hydrogen-bond donors (Lipinski definition) is 2. The fourth-order valence-electron chi connectivity index (χ4n) is 5.24. The van der Waals surface area contributed by atoms with Crippen LogP contribution in [-0.4, -0.2) is 52.6 Å². The van der Waals surface area contributed by atoms with E-state index in [0.29, 0.717) is 0 Å². The van der Waals surface area contributed by atoms with Gasteiger partial charge in [-0.1, -0.05) is 39.8 Å². The predicted molar refractivity (Wildman–Crippen MR) is 133 cm³/mol. The maximum absolute atomic E-state index is 11.7. The largest absolute Gasteiger partial charge is 0.389 e. The van der Waals surface area contributed by atoms with Crippen LogP contribution >= 0.6 is 0 Å². The Labute approximate surface area is 197 Å². The summed E-state index contributed by atoms with van der Waals surface area (Å²) < 4.78 is 0. The molecule has 1 aromatic carbocycles. The van der Waals surface area contributed by atoms with Crippen LogP contribution in [0.25, 0.3) is 11.3 Å². The van der Waals surface area contributed by atoms with E-state index in [1.807, 2.05) is 19.2 Å². The molecule has 2 aliphatic rings. The van der Waals surface area contributed by atoms with Crippen LogP contribution in [0.5, 0.6) is 0 Å². The van der Waals surface area contributed by atoms with E-state index in [9.17, 15) is 4.79 Å². The van der Waals surface area contributed by atoms with Crippen molar-refractivity contribution in [1.82, 2.24) is 15.3 Å². The molecule has 178 valence electrons. The predicted octanol–water partition coefficient (Wildman–Crippen LogP) is 4.00. The molecule has 2 N–H and O–H groups in total. The van der Waals surface area contributed by atoms with Gasteiger partial charge < -0.3 is 15.3 Å². The fraction of sp³-hybridized carbons (Fsp3) is 0.593. The standard InChI is InChI=1S/C27H38N4O2/c1-18(24(33)17-32)29-20-9-14-31(15-10-20)25-28-13-8-23(30-25)19-6-7-21-22(16-19)27(4,5)12-11-26(21,2)3/h6-8,13,16,18,20,29,32H,9-12,14-15,17H2,1-5H3. The lowest BCUT2D eigenvalue weighted by Crippen LogP contribution is -2.48. The van der Waals surface area contributed by atoms with E-state index in [2.05, 4.69) is 61.1 Å². The van der Waals surface area contributed by atoms with Crippen molar-refractivity contribution in [2.75, 3.05) is 24.6 Å². The van der Waals surface area contributed by atoms with E-state index in [0.717, 1.165) is 43.1 Å². The van der Waals surface area contributed by atoms with Crippen molar-refractivity contribution in [3.05, 3.63) is 41.6 Å². The minimum absolute atomic E-state index is 0.162. The minimum atomic E-state index is -0.412. The average molecular weight is 451 g/mol. The summed E-state index contributed by atoms with van der Waals surface area (Å²) in [7, 11) is 0. The maximum Gasteiger partial charge on any atom is 0.225 e. The first-order valence-electron chi connectivity index (χ1n) is 12.2. The summed E-state index contributed by atoms with van der Waals surface area (Å²) in [5, 5.41) is 12.4. The van der Waals surface area contributed by atoms with Gasteiger partial charge in [-0.05, 0) is 66.7 Å². The summed E-state index contributed by atoms with van der Waals surface area (Å²) in [6, 6.07) is 8.81. The molecule has 2 aromatic rings. The van der Waals surface area contributed by atoms with Crippen molar-refractivity contribution in [2.24, 2.45) is 0 Å². The van der Waals surface area contributed by atoms with Crippen LogP contribution in [-0.2, 0) is 15.6 Å². The summed E-state index contributed by atoms with van der Waals surface area (Å²) in [5.74, 6) is 0.604. The summed E-state index contributed by atoms with van der Waals surface area (Å²) >= 11 is 0. The van der Waals surface area contributed by atoms with Crippen LogP contribution in [0.2, 0.25) is 0 Å². The van der Waals surface area contributed by atoms with Gasteiger partial charge in [-0.15, -0.1) is 0 Å². The van der Waals surface area contributed by atoms with Gasteiger partial charge in [0, 0.05) is 30.9 Å². The Morgan fingerprint density at radius 1 is 1.12 bits per heavy atom. The Morgan fingerprint density at radius 2 is 1.79 bits per heavy atom. The summed E-state index contributed by atoms with van der Waals surface area (Å²) in [6.07, 6.45) is 6.09. The van der Waals surface area contributed by atoms with Crippen LogP contribution in [0.4, 0.5) is 5.95 Å². The number of Topliss-reactive ketones (excluding diaryl/α,β-unsaturated/α-hetero) is 1. The van der Waals surface area contributed by atoms with E-state index >= 15 is 0 Å². The normalized spacial score (nSPS) is 20.8. The monoisotopic (exact) mass is 450 g/mol. The van der Waals surface area contributed by atoms with E-state index < -0.39 is 6.61 Å². The van der Waals surface area contributed by atoms with E-state index in [1.165, 1.54) is 24.0 Å². The molecule has 0 spiro atoms. The maximum atomic E-state index is 11.7. The Balaban J connectivity index is 1.50. The second-order valence-electron chi connectivity index (χ2n) is 11.0. The van der Waals surface area contributed by atoms with Crippen LogP contribution in [0.15, 0.2) is 30.5 Å². The first kappa shape index (κ1) is 23.8. The first-order valence-corrected chi connectivity index (χ1v) is 12.2. The number of anilines is 1. The Hall–Kier alpha value is -2.31. The molecule has 1 saturated heterocycles. The molecule has 1 fully saturated rings. The lowest BCUT2D eigenvalue weighted by atomic mass is 9.63. The topological polar surface area (TPSA) is 78.3 Å². The van der Waals surface area contributed by atoms with Crippen molar-refractivity contribution in [1.29, 1.82) is 0 Å². The van der Waals surface area contributed by atoms with Crippen molar-refractivity contribution >= 4 is 11.7 Å². The van der Waals surface area contributed by atoms with Gasteiger partial charge in [-0.2, -0.15) is 0 Å². The molecule has 1 atom stereocenters. The zero-order valence-electron chi connectivity index (χ0n) is 20.7. The van der Waals surface area contributed by atoms with Crippen LogP contribution < -0.4 is 10.2 Å². The Morgan fingerprint density at radius 3 is 2.45 bits per heavy atom. The van der Waals surface area contributed by atoms with Crippen LogP contribution in [0.3, 0.4) is 0 Å². The molecule has 1 aliphatic heterocycles. The molecule has 0 radical (unpaired) electrons. The van der Waals surface area contributed by atoms with Crippen molar-refractivity contribution in [3.63, 3.8) is 0 Å². The number of fused-ring (bicyclic) bond motifs is 1. The van der Waals surface area contributed by atoms with Gasteiger partial charge in [0.1, 0.15) is 6.61 Å². The van der Waals surface area contributed by atoms with Crippen LogP contribution in [0.1, 0.15) is 71.4 Å². The van der Waals surface area contributed by atoms with E-state index in [1.54, 1.807) is 0 Å². The number of nitrogens with zero attached hydrogens (tertiary/aromatic N) is 3. The number of carbonyl (C=O) groups is 1. The van der Waals surface area contributed by atoms with Crippen molar-refractivity contribution in [2.45, 2.75) is 83.2 Å². The number of ketones is 1.